The van der Waals surface area contributed by atoms with Crippen molar-refractivity contribution in [3.05, 3.63) is 29.1 Å². The second-order valence-corrected chi connectivity index (χ2v) is 11.1. The summed E-state index contributed by atoms with van der Waals surface area (Å²) in [6.45, 7) is 14.0. The molecule has 26 heavy (non-hydrogen) atoms. The maximum absolute atomic E-state index is 12.3. The van der Waals surface area contributed by atoms with E-state index in [1.54, 1.807) is 0 Å². The SMILES string of the molecule is CC(C)=CCN1CCN(Cc2cc(C(C)(C)C)n[nH]2)[C@H]2CS(=O)(=O)C[C@H]21. The molecule has 0 spiro atoms. The van der Waals surface area contributed by atoms with Crippen molar-refractivity contribution in [2.75, 3.05) is 31.1 Å². The zero-order valence-corrected chi connectivity index (χ0v) is 17.4. The molecule has 2 saturated heterocycles. The Morgan fingerprint density at radius 1 is 1.23 bits per heavy atom. The Bertz CT molecular complexity index is 772. The van der Waals surface area contributed by atoms with Gasteiger partial charge >= 0.3 is 0 Å². The average Bonchev–Trinajstić information content (AvgIpc) is 3.09. The first-order valence-electron chi connectivity index (χ1n) is 9.42. The highest BCUT2D eigenvalue weighted by molar-refractivity contribution is 7.91. The number of allylic oxidation sites excluding steroid dienone is 1. The van der Waals surface area contributed by atoms with Crippen LogP contribution in [0.4, 0.5) is 0 Å². The van der Waals surface area contributed by atoms with E-state index in [-0.39, 0.29) is 29.0 Å². The van der Waals surface area contributed by atoms with Crippen LogP contribution in [0.1, 0.15) is 46.0 Å². The quantitative estimate of drug-likeness (QED) is 0.809. The highest BCUT2D eigenvalue weighted by atomic mass is 32.2. The van der Waals surface area contributed by atoms with E-state index in [4.69, 9.17) is 0 Å². The molecule has 0 amide bonds. The molecule has 2 atom stereocenters. The van der Waals surface area contributed by atoms with Gasteiger partial charge in [0.05, 0.1) is 17.2 Å². The van der Waals surface area contributed by atoms with Crippen LogP contribution < -0.4 is 0 Å². The summed E-state index contributed by atoms with van der Waals surface area (Å²) in [6.07, 6.45) is 2.20. The Hall–Kier alpha value is -1.18. The summed E-state index contributed by atoms with van der Waals surface area (Å²) >= 11 is 0. The number of hydrogen-bond acceptors (Lipinski definition) is 5. The lowest BCUT2D eigenvalue weighted by molar-refractivity contribution is 0.0470. The van der Waals surface area contributed by atoms with Crippen LogP contribution in [-0.4, -0.2) is 71.6 Å². The van der Waals surface area contributed by atoms with Crippen LogP contribution in [0.15, 0.2) is 17.7 Å². The molecule has 7 heteroatoms. The normalized spacial score (nSPS) is 26.7. The Morgan fingerprint density at radius 2 is 1.85 bits per heavy atom. The minimum absolute atomic E-state index is 0.0109. The van der Waals surface area contributed by atoms with Gasteiger partial charge in [-0.2, -0.15) is 5.10 Å². The molecule has 0 aliphatic carbocycles. The molecule has 0 unspecified atom stereocenters. The number of piperazine rings is 1. The fraction of sp³-hybridized carbons (Fsp3) is 0.737. The Kier molecular flexibility index (Phi) is 5.34. The largest absolute Gasteiger partial charge is 0.293 e. The summed E-state index contributed by atoms with van der Waals surface area (Å²) in [5.74, 6) is 0.546. The van der Waals surface area contributed by atoms with Crippen LogP contribution in [0.3, 0.4) is 0 Å². The van der Waals surface area contributed by atoms with Crippen LogP contribution in [0.5, 0.6) is 0 Å². The van der Waals surface area contributed by atoms with Gasteiger partial charge in [-0.05, 0) is 19.9 Å². The lowest BCUT2D eigenvalue weighted by Gasteiger charge is -2.43. The summed E-state index contributed by atoms with van der Waals surface area (Å²) in [4.78, 5) is 4.67. The first-order chi connectivity index (χ1) is 12.0. The monoisotopic (exact) mass is 380 g/mol. The third-order valence-corrected chi connectivity index (χ3v) is 7.11. The molecule has 0 saturated carbocycles. The summed E-state index contributed by atoms with van der Waals surface area (Å²) in [6, 6.07) is 2.28. The molecule has 0 radical (unpaired) electrons. The fourth-order valence-corrected chi connectivity index (χ4v) is 5.91. The molecule has 6 nitrogen and oxygen atoms in total. The number of fused-ring (bicyclic) bond motifs is 1. The van der Waals surface area contributed by atoms with Gasteiger partial charge in [0.2, 0.25) is 0 Å². The van der Waals surface area contributed by atoms with Crippen molar-refractivity contribution in [3.63, 3.8) is 0 Å². The number of aromatic nitrogens is 2. The predicted octanol–water partition coefficient (Wildman–Crippen LogP) is 1.96. The number of rotatable bonds is 4. The molecule has 3 heterocycles. The van der Waals surface area contributed by atoms with E-state index in [1.165, 1.54) is 5.57 Å². The smallest absolute Gasteiger partial charge is 0.153 e. The van der Waals surface area contributed by atoms with Crippen LogP contribution >= 0.6 is 0 Å². The number of hydrogen-bond donors (Lipinski definition) is 1. The van der Waals surface area contributed by atoms with Crippen molar-refractivity contribution in [2.24, 2.45) is 0 Å². The van der Waals surface area contributed by atoms with Crippen molar-refractivity contribution >= 4 is 9.84 Å². The number of H-pyrrole nitrogens is 1. The van der Waals surface area contributed by atoms with Gasteiger partial charge < -0.3 is 0 Å². The van der Waals surface area contributed by atoms with Gasteiger partial charge in [-0.3, -0.25) is 14.9 Å². The third kappa shape index (κ3) is 4.38. The van der Waals surface area contributed by atoms with Crippen molar-refractivity contribution in [1.82, 2.24) is 20.0 Å². The molecule has 2 aliphatic rings. The zero-order chi connectivity index (χ0) is 19.1. The van der Waals surface area contributed by atoms with Gasteiger partial charge in [0, 0.05) is 49.4 Å². The lowest BCUT2D eigenvalue weighted by atomic mass is 9.92. The predicted molar refractivity (Wildman–Crippen MR) is 105 cm³/mol. The van der Waals surface area contributed by atoms with E-state index in [0.717, 1.165) is 37.6 Å². The molecular weight excluding hydrogens is 348 g/mol. The lowest BCUT2D eigenvalue weighted by Crippen LogP contribution is -2.58. The Morgan fingerprint density at radius 3 is 2.42 bits per heavy atom. The van der Waals surface area contributed by atoms with Gasteiger partial charge in [-0.1, -0.05) is 32.4 Å². The van der Waals surface area contributed by atoms with Gasteiger partial charge in [0.1, 0.15) is 0 Å². The molecule has 2 fully saturated rings. The maximum atomic E-state index is 12.3. The van der Waals surface area contributed by atoms with Gasteiger partial charge in [-0.15, -0.1) is 0 Å². The van der Waals surface area contributed by atoms with Crippen molar-refractivity contribution < 1.29 is 8.42 Å². The first-order valence-corrected chi connectivity index (χ1v) is 11.2. The molecule has 146 valence electrons. The molecule has 1 aromatic rings. The van der Waals surface area contributed by atoms with Crippen LogP contribution in [0, 0.1) is 0 Å². The van der Waals surface area contributed by atoms with E-state index < -0.39 is 9.84 Å². The number of sulfone groups is 1. The van der Waals surface area contributed by atoms with E-state index in [9.17, 15) is 8.42 Å². The highest BCUT2D eigenvalue weighted by Crippen LogP contribution is 2.29. The number of aromatic amines is 1. The Balaban J connectivity index is 1.75. The molecule has 3 rings (SSSR count). The van der Waals surface area contributed by atoms with Crippen molar-refractivity contribution in [3.8, 4) is 0 Å². The van der Waals surface area contributed by atoms with E-state index >= 15 is 0 Å². The second kappa shape index (κ2) is 7.09. The molecule has 1 aromatic heterocycles. The third-order valence-electron chi connectivity index (χ3n) is 5.41. The summed E-state index contributed by atoms with van der Waals surface area (Å²) < 4.78 is 24.7. The second-order valence-electron chi connectivity index (χ2n) is 8.99. The van der Waals surface area contributed by atoms with Crippen LogP contribution in [0.2, 0.25) is 0 Å². The summed E-state index contributed by atoms with van der Waals surface area (Å²) in [5.41, 5.74) is 3.40. The molecule has 2 aliphatic heterocycles. The Labute approximate surface area is 157 Å². The number of nitrogens with zero attached hydrogens (tertiary/aromatic N) is 3. The van der Waals surface area contributed by atoms with Crippen molar-refractivity contribution in [2.45, 2.75) is 58.7 Å². The summed E-state index contributed by atoms with van der Waals surface area (Å²) in [5, 5.41) is 7.59. The minimum Gasteiger partial charge on any atom is -0.293 e. The highest BCUT2D eigenvalue weighted by Gasteiger charge is 2.46. The van der Waals surface area contributed by atoms with E-state index in [2.05, 4.69) is 66.8 Å². The van der Waals surface area contributed by atoms with Crippen molar-refractivity contribution in [1.29, 1.82) is 0 Å². The zero-order valence-electron chi connectivity index (χ0n) is 16.6. The fourth-order valence-electron chi connectivity index (χ4n) is 3.87. The van der Waals surface area contributed by atoms with Gasteiger partial charge in [0.15, 0.2) is 9.84 Å². The molecule has 0 aromatic carbocycles. The number of nitrogens with one attached hydrogen (secondary N) is 1. The molecule has 1 N–H and O–H groups in total. The topological polar surface area (TPSA) is 69.3 Å². The van der Waals surface area contributed by atoms with Gasteiger partial charge in [0.25, 0.3) is 0 Å². The minimum atomic E-state index is -2.97. The maximum Gasteiger partial charge on any atom is 0.153 e. The molecule has 0 bridgehead atoms. The average molecular weight is 381 g/mol. The molecular formula is C19H32N4O2S. The van der Waals surface area contributed by atoms with Crippen LogP contribution in [-0.2, 0) is 21.8 Å². The van der Waals surface area contributed by atoms with Gasteiger partial charge in [-0.25, -0.2) is 8.42 Å². The first kappa shape index (κ1) is 19.6. The van der Waals surface area contributed by atoms with Crippen LogP contribution in [0.25, 0.3) is 0 Å². The standard InChI is InChI=1S/C19H32N4O2S/c1-14(2)6-7-22-8-9-23(17-13-26(24,25)12-16(17)22)11-15-10-18(21-20-15)19(3,4)5/h6,10,16-17H,7-9,11-13H2,1-5H3,(H,20,21)/t16-,17+/m1/s1. The van der Waals surface area contributed by atoms with E-state index in [0.29, 0.717) is 0 Å². The summed E-state index contributed by atoms with van der Waals surface area (Å²) in [7, 11) is -2.97. The van der Waals surface area contributed by atoms with E-state index in [1.807, 2.05) is 0 Å².